The van der Waals surface area contributed by atoms with Crippen LogP contribution in [0.4, 0.5) is 4.39 Å². The lowest BCUT2D eigenvalue weighted by Crippen LogP contribution is -3.11. The molecule has 0 amide bonds. The summed E-state index contributed by atoms with van der Waals surface area (Å²) < 4.78 is 18.1. The molecule has 98 valence electrons. The van der Waals surface area contributed by atoms with E-state index in [4.69, 9.17) is 4.74 Å². The van der Waals surface area contributed by atoms with Crippen molar-refractivity contribution in [3.8, 4) is 0 Å². The zero-order valence-corrected chi connectivity index (χ0v) is 10.6. The zero-order chi connectivity index (χ0) is 13.0. The van der Waals surface area contributed by atoms with Gasteiger partial charge in [0.1, 0.15) is 18.5 Å². The number of carbonyl (C=O) groups excluding carboxylic acids is 1. The smallest absolute Gasteiger partial charge is 0.338 e. The Morgan fingerprint density at radius 1 is 1.33 bits per heavy atom. The lowest BCUT2D eigenvalue weighted by atomic mass is 10.2. The molecular weight excluding hydrogens is 233 g/mol. The van der Waals surface area contributed by atoms with Crippen LogP contribution >= 0.6 is 0 Å². The third kappa shape index (κ3) is 3.53. The first kappa shape index (κ1) is 13.0. The van der Waals surface area contributed by atoms with Crippen molar-refractivity contribution < 1.29 is 18.8 Å². The van der Waals surface area contributed by atoms with E-state index in [9.17, 15) is 9.18 Å². The molecule has 1 aromatic carbocycles. The van der Waals surface area contributed by atoms with E-state index in [2.05, 4.69) is 0 Å². The number of esters is 1. The van der Waals surface area contributed by atoms with Gasteiger partial charge in [-0.15, -0.1) is 0 Å². The van der Waals surface area contributed by atoms with E-state index < -0.39 is 0 Å². The summed E-state index contributed by atoms with van der Waals surface area (Å²) in [5.74, 6) is -0.720. The highest BCUT2D eigenvalue weighted by Gasteiger charge is 2.20. The molecule has 1 N–H and O–H groups in total. The van der Waals surface area contributed by atoms with Crippen LogP contribution in [0, 0.1) is 5.82 Å². The predicted octanol–water partition coefficient (Wildman–Crippen LogP) is 1.05. The Morgan fingerprint density at radius 2 is 1.94 bits per heavy atom. The second-order valence-electron chi connectivity index (χ2n) is 4.88. The van der Waals surface area contributed by atoms with Gasteiger partial charge in [0.2, 0.25) is 0 Å². The molecule has 2 rings (SSSR count). The van der Waals surface area contributed by atoms with Gasteiger partial charge in [-0.05, 0) is 31.2 Å². The first-order valence-electron chi connectivity index (χ1n) is 6.45. The van der Waals surface area contributed by atoms with Gasteiger partial charge in [-0.3, -0.25) is 0 Å². The van der Waals surface area contributed by atoms with Crippen LogP contribution in [0.5, 0.6) is 0 Å². The summed E-state index contributed by atoms with van der Waals surface area (Å²) in [4.78, 5) is 13.3. The number of carbonyl (C=O) groups is 1. The Balaban J connectivity index is 1.84. The molecule has 0 aliphatic carbocycles. The first-order valence-corrected chi connectivity index (χ1v) is 6.45. The van der Waals surface area contributed by atoms with Crippen LogP contribution in [0.3, 0.4) is 0 Å². The molecule has 0 aromatic heterocycles. The molecule has 1 fully saturated rings. The maximum atomic E-state index is 12.7. The van der Waals surface area contributed by atoms with Crippen LogP contribution in [0.25, 0.3) is 0 Å². The van der Waals surface area contributed by atoms with Gasteiger partial charge in [0.15, 0.2) is 0 Å². The van der Waals surface area contributed by atoms with Crippen molar-refractivity contribution in [1.82, 2.24) is 0 Å². The number of nitrogens with one attached hydrogen (secondary N) is 1. The molecule has 1 aliphatic heterocycles. The lowest BCUT2D eigenvalue weighted by Gasteiger charge is -2.18. The topological polar surface area (TPSA) is 30.7 Å². The first-order chi connectivity index (χ1) is 8.65. The van der Waals surface area contributed by atoms with Crippen LogP contribution in [0.1, 0.15) is 30.1 Å². The summed E-state index contributed by atoms with van der Waals surface area (Å²) in [6.07, 6.45) is 2.41. The van der Waals surface area contributed by atoms with Gasteiger partial charge in [-0.2, -0.15) is 0 Å². The summed E-state index contributed by atoms with van der Waals surface area (Å²) in [5, 5.41) is 0. The molecule has 1 atom stereocenters. The van der Waals surface area contributed by atoms with E-state index in [1.165, 1.54) is 55.1 Å². The molecule has 4 heteroatoms. The SMILES string of the molecule is C[C@@H](C[NH+]1CCCC1)OC(=O)c1ccc(F)cc1. The number of rotatable bonds is 4. The molecule has 18 heavy (non-hydrogen) atoms. The summed E-state index contributed by atoms with van der Waals surface area (Å²) in [6, 6.07) is 5.44. The van der Waals surface area contributed by atoms with Crippen molar-refractivity contribution in [2.75, 3.05) is 19.6 Å². The van der Waals surface area contributed by atoms with E-state index in [1.54, 1.807) is 0 Å². The van der Waals surface area contributed by atoms with E-state index in [-0.39, 0.29) is 17.9 Å². The average molecular weight is 252 g/mol. The summed E-state index contributed by atoms with van der Waals surface area (Å²) >= 11 is 0. The molecular formula is C14H19FNO2+. The average Bonchev–Trinajstić information content (AvgIpc) is 2.82. The van der Waals surface area contributed by atoms with Gasteiger partial charge in [-0.1, -0.05) is 0 Å². The number of likely N-dealkylation sites (tertiary alicyclic amines) is 1. The molecule has 1 heterocycles. The highest BCUT2D eigenvalue weighted by Crippen LogP contribution is 2.06. The quantitative estimate of drug-likeness (QED) is 0.812. The fourth-order valence-corrected chi connectivity index (χ4v) is 2.36. The highest BCUT2D eigenvalue weighted by atomic mass is 19.1. The van der Waals surface area contributed by atoms with Crippen LogP contribution in [-0.4, -0.2) is 31.7 Å². The van der Waals surface area contributed by atoms with Gasteiger partial charge in [0.05, 0.1) is 18.7 Å². The minimum absolute atomic E-state index is 0.101. The molecule has 1 aliphatic rings. The zero-order valence-electron chi connectivity index (χ0n) is 10.6. The van der Waals surface area contributed by atoms with Crippen molar-refractivity contribution >= 4 is 5.97 Å². The standard InChI is InChI=1S/C14H18FNO2/c1-11(10-16-8-2-3-9-16)18-14(17)12-4-6-13(15)7-5-12/h4-7,11H,2-3,8-10H2,1H3/p+1/t11-/m0/s1. The molecule has 0 spiro atoms. The number of halogens is 1. The highest BCUT2D eigenvalue weighted by molar-refractivity contribution is 5.89. The third-order valence-corrected chi connectivity index (χ3v) is 3.27. The minimum atomic E-state index is -0.374. The van der Waals surface area contributed by atoms with Crippen LogP contribution in [-0.2, 0) is 4.74 Å². The number of hydrogen-bond acceptors (Lipinski definition) is 2. The van der Waals surface area contributed by atoms with E-state index >= 15 is 0 Å². The fourth-order valence-electron chi connectivity index (χ4n) is 2.36. The minimum Gasteiger partial charge on any atom is -0.453 e. The molecule has 0 unspecified atom stereocenters. The van der Waals surface area contributed by atoms with Crippen LogP contribution in [0.15, 0.2) is 24.3 Å². The summed E-state index contributed by atoms with van der Waals surface area (Å²) in [7, 11) is 0. The number of benzene rings is 1. The van der Waals surface area contributed by atoms with Gasteiger partial charge in [-0.25, -0.2) is 9.18 Å². The molecule has 1 aromatic rings. The summed E-state index contributed by atoms with van der Waals surface area (Å²) in [6.45, 7) is 5.09. The van der Waals surface area contributed by atoms with Crippen LogP contribution < -0.4 is 4.90 Å². The van der Waals surface area contributed by atoms with Gasteiger partial charge >= 0.3 is 5.97 Å². The Hall–Kier alpha value is -1.42. The molecule has 1 saturated heterocycles. The van der Waals surface area contributed by atoms with E-state index in [1.807, 2.05) is 6.92 Å². The number of hydrogen-bond donors (Lipinski definition) is 1. The van der Waals surface area contributed by atoms with E-state index in [0.717, 1.165) is 6.54 Å². The molecule has 0 saturated carbocycles. The Labute approximate surface area is 107 Å². The molecule has 0 radical (unpaired) electrons. The van der Waals surface area contributed by atoms with Crippen molar-refractivity contribution in [2.45, 2.75) is 25.9 Å². The van der Waals surface area contributed by atoms with Crippen molar-refractivity contribution in [3.63, 3.8) is 0 Å². The van der Waals surface area contributed by atoms with E-state index in [0.29, 0.717) is 5.56 Å². The maximum absolute atomic E-state index is 12.7. The van der Waals surface area contributed by atoms with Crippen LogP contribution in [0.2, 0.25) is 0 Å². The largest absolute Gasteiger partial charge is 0.453 e. The second kappa shape index (κ2) is 5.96. The Morgan fingerprint density at radius 3 is 2.56 bits per heavy atom. The van der Waals surface area contributed by atoms with Crippen molar-refractivity contribution in [2.24, 2.45) is 0 Å². The predicted molar refractivity (Wildman–Crippen MR) is 66.1 cm³/mol. The van der Waals surface area contributed by atoms with Gasteiger partial charge < -0.3 is 9.64 Å². The third-order valence-electron chi connectivity index (χ3n) is 3.27. The van der Waals surface area contributed by atoms with Gasteiger partial charge in [0, 0.05) is 12.8 Å². The lowest BCUT2D eigenvalue weighted by molar-refractivity contribution is -0.890. The molecule has 3 nitrogen and oxygen atoms in total. The monoisotopic (exact) mass is 252 g/mol. The number of ether oxygens (including phenoxy) is 1. The molecule has 0 bridgehead atoms. The van der Waals surface area contributed by atoms with Crippen molar-refractivity contribution in [1.29, 1.82) is 0 Å². The normalized spacial score (nSPS) is 17.7. The number of quaternary nitrogens is 1. The Bertz CT molecular complexity index is 399. The second-order valence-corrected chi connectivity index (χ2v) is 4.88. The Kier molecular flexibility index (Phi) is 4.31. The van der Waals surface area contributed by atoms with Gasteiger partial charge in [0.25, 0.3) is 0 Å². The maximum Gasteiger partial charge on any atom is 0.338 e. The summed E-state index contributed by atoms with van der Waals surface area (Å²) in [5.41, 5.74) is 0.402. The fraction of sp³-hybridized carbons (Fsp3) is 0.500. The van der Waals surface area contributed by atoms with Crippen molar-refractivity contribution in [3.05, 3.63) is 35.6 Å².